The van der Waals surface area contributed by atoms with E-state index in [1.165, 1.54) is 25.7 Å². The Morgan fingerprint density at radius 2 is 2.14 bits per heavy atom. The van der Waals surface area contributed by atoms with Crippen LogP contribution >= 0.6 is 0 Å². The van der Waals surface area contributed by atoms with Gasteiger partial charge in [-0.05, 0) is 44.9 Å². The molecule has 3 unspecified atom stereocenters. The average Bonchev–Trinajstić information content (AvgIpc) is 2.85. The summed E-state index contributed by atoms with van der Waals surface area (Å²) in [4.78, 5) is 0. The molecule has 1 heterocycles. The van der Waals surface area contributed by atoms with Crippen LogP contribution in [0.2, 0.25) is 0 Å². The third-order valence-corrected chi connectivity index (χ3v) is 4.05. The minimum Gasteiger partial charge on any atom is -0.378 e. The van der Waals surface area contributed by atoms with Gasteiger partial charge >= 0.3 is 0 Å². The maximum atomic E-state index is 5.55. The van der Waals surface area contributed by atoms with Gasteiger partial charge in [0.05, 0.1) is 6.10 Å². The van der Waals surface area contributed by atoms with E-state index >= 15 is 0 Å². The Labute approximate surface area is 87.4 Å². The number of hydrogen-bond donors (Lipinski definition) is 1. The zero-order valence-corrected chi connectivity index (χ0v) is 9.68. The van der Waals surface area contributed by atoms with Crippen LogP contribution in [0.4, 0.5) is 0 Å². The van der Waals surface area contributed by atoms with E-state index in [1.807, 2.05) is 0 Å². The normalized spacial score (nSPS) is 37.9. The van der Waals surface area contributed by atoms with Gasteiger partial charge in [-0.2, -0.15) is 0 Å². The van der Waals surface area contributed by atoms with Crippen molar-refractivity contribution in [2.45, 2.75) is 64.6 Å². The van der Waals surface area contributed by atoms with Crippen molar-refractivity contribution in [2.24, 2.45) is 5.41 Å². The van der Waals surface area contributed by atoms with Crippen LogP contribution in [0.3, 0.4) is 0 Å². The number of ether oxygens (including phenoxy) is 1. The lowest BCUT2D eigenvalue weighted by molar-refractivity contribution is 0.0100. The quantitative estimate of drug-likeness (QED) is 0.750. The van der Waals surface area contributed by atoms with E-state index in [4.69, 9.17) is 4.74 Å². The van der Waals surface area contributed by atoms with Crippen LogP contribution < -0.4 is 5.32 Å². The van der Waals surface area contributed by atoms with E-state index in [2.05, 4.69) is 26.1 Å². The standard InChI is InChI=1S/C12H23NO/c1-9-8-11(4-7-14-9)13-10(2)12(3)5-6-12/h9-11,13H,4-8H2,1-3H3. The van der Waals surface area contributed by atoms with Crippen LogP contribution in [0.5, 0.6) is 0 Å². The van der Waals surface area contributed by atoms with Crippen LogP contribution in [0.25, 0.3) is 0 Å². The summed E-state index contributed by atoms with van der Waals surface area (Å²) >= 11 is 0. The van der Waals surface area contributed by atoms with Gasteiger partial charge in [0.15, 0.2) is 0 Å². The monoisotopic (exact) mass is 197 g/mol. The lowest BCUT2D eigenvalue weighted by atomic mass is 9.97. The van der Waals surface area contributed by atoms with Crippen LogP contribution in [0, 0.1) is 5.41 Å². The van der Waals surface area contributed by atoms with Gasteiger partial charge in [-0.15, -0.1) is 0 Å². The molecule has 2 fully saturated rings. The summed E-state index contributed by atoms with van der Waals surface area (Å²) in [5, 5.41) is 3.77. The minimum atomic E-state index is 0.445. The van der Waals surface area contributed by atoms with Gasteiger partial charge in [0.25, 0.3) is 0 Å². The molecule has 1 saturated heterocycles. The van der Waals surface area contributed by atoms with Crippen molar-refractivity contribution >= 4 is 0 Å². The summed E-state index contributed by atoms with van der Waals surface area (Å²) in [6.45, 7) is 7.85. The number of rotatable bonds is 3. The lowest BCUT2D eigenvalue weighted by Gasteiger charge is -2.32. The second-order valence-corrected chi connectivity index (χ2v) is 5.45. The molecule has 1 saturated carbocycles. The fourth-order valence-electron chi connectivity index (χ4n) is 2.33. The van der Waals surface area contributed by atoms with Crippen LogP contribution in [-0.4, -0.2) is 24.8 Å². The van der Waals surface area contributed by atoms with Crippen molar-refractivity contribution in [1.29, 1.82) is 0 Å². The minimum absolute atomic E-state index is 0.445. The molecule has 0 radical (unpaired) electrons. The molecule has 0 aromatic heterocycles. The van der Waals surface area contributed by atoms with Crippen molar-refractivity contribution in [1.82, 2.24) is 5.32 Å². The van der Waals surface area contributed by atoms with Gasteiger partial charge < -0.3 is 10.1 Å². The highest BCUT2D eigenvalue weighted by Crippen LogP contribution is 2.48. The van der Waals surface area contributed by atoms with Gasteiger partial charge in [0, 0.05) is 18.7 Å². The molecule has 1 aliphatic heterocycles. The predicted molar refractivity (Wildman–Crippen MR) is 58.4 cm³/mol. The van der Waals surface area contributed by atoms with Gasteiger partial charge in [-0.25, -0.2) is 0 Å². The molecular formula is C12H23NO. The van der Waals surface area contributed by atoms with E-state index in [-0.39, 0.29) is 0 Å². The van der Waals surface area contributed by atoms with E-state index in [1.54, 1.807) is 0 Å². The molecule has 82 valence electrons. The van der Waals surface area contributed by atoms with Crippen molar-refractivity contribution in [3.63, 3.8) is 0 Å². The van der Waals surface area contributed by atoms with Crippen LogP contribution in [0.15, 0.2) is 0 Å². The number of hydrogen-bond acceptors (Lipinski definition) is 2. The van der Waals surface area contributed by atoms with Gasteiger partial charge in [0.2, 0.25) is 0 Å². The molecule has 1 N–H and O–H groups in total. The van der Waals surface area contributed by atoms with Gasteiger partial charge in [-0.3, -0.25) is 0 Å². The third kappa shape index (κ3) is 2.29. The smallest absolute Gasteiger partial charge is 0.0561 e. The highest BCUT2D eigenvalue weighted by molar-refractivity contribution is 4.97. The highest BCUT2D eigenvalue weighted by Gasteiger charge is 2.43. The largest absolute Gasteiger partial charge is 0.378 e. The van der Waals surface area contributed by atoms with E-state index in [9.17, 15) is 0 Å². The predicted octanol–water partition coefficient (Wildman–Crippen LogP) is 2.33. The first kappa shape index (κ1) is 10.4. The van der Waals surface area contributed by atoms with Crippen LogP contribution in [-0.2, 0) is 4.74 Å². The zero-order chi connectivity index (χ0) is 10.2. The van der Waals surface area contributed by atoms with Crippen molar-refractivity contribution in [2.75, 3.05) is 6.61 Å². The van der Waals surface area contributed by atoms with Crippen LogP contribution in [0.1, 0.15) is 46.5 Å². The molecule has 0 spiro atoms. The summed E-state index contributed by atoms with van der Waals surface area (Å²) in [7, 11) is 0. The van der Waals surface area contributed by atoms with E-state index in [0.717, 1.165) is 6.61 Å². The fraction of sp³-hybridized carbons (Fsp3) is 1.00. The summed E-state index contributed by atoms with van der Waals surface area (Å²) in [5.74, 6) is 0. The van der Waals surface area contributed by atoms with Crippen molar-refractivity contribution < 1.29 is 4.74 Å². The Balaban J connectivity index is 1.78. The first-order valence-electron chi connectivity index (χ1n) is 5.98. The molecule has 0 amide bonds. The summed E-state index contributed by atoms with van der Waals surface area (Å²) < 4.78 is 5.55. The third-order valence-electron chi connectivity index (χ3n) is 4.05. The van der Waals surface area contributed by atoms with E-state index in [0.29, 0.717) is 23.6 Å². The molecule has 2 nitrogen and oxygen atoms in total. The molecule has 3 atom stereocenters. The maximum absolute atomic E-state index is 5.55. The topological polar surface area (TPSA) is 21.3 Å². The van der Waals surface area contributed by atoms with E-state index < -0.39 is 0 Å². The summed E-state index contributed by atoms with van der Waals surface area (Å²) in [6, 6.07) is 1.36. The Morgan fingerprint density at radius 3 is 2.71 bits per heavy atom. The molecule has 0 aromatic rings. The molecular weight excluding hydrogens is 174 g/mol. The molecule has 0 aromatic carbocycles. The first-order valence-corrected chi connectivity index (χ1v) is 5.98. The molecule has 1 aliphatic carbocycles. The zero-order valence-electron chi connectivity index (χ0n) is 9.68. The second-order valence-electron chi connectivity index (χ2n) is 5.45. The van der Waals surface area contributed by atoms with Crippen molar-refractivity contribution in [3.8, 4) is 0 Å². The number of nitrogens with one attached hydrogen (secondary N) is 1. The fourth-order valence-corrected chi connectivity index (χ4v) is 2.33. The SMILES string of the molecule is CC1CC(NC(C)C2(C)CC2)CCO1. The molecule has 2 rings (SSSR count). The molecule has 2 heteroatoms. The lowest BCUT2D eigenvalue weighted by Crippen LogP contribution is -2.45. The highest BCUT2D eigenvalue weighted by atomic mass is 16.5. The van der Waals surface area contributed by atoms with Gasteiger partial charge in [0.1, 0.15) is 0 Å². The average molecular weight is 197 g/mol. The Bertz CT molecular complexity index is 200. The maximum Gasteiger partial charge on any atom is 0.0561 e. The van der Waals surface area contributed by atoms with Gasteiger partial charge in [-0.1, -0.05) is 6.92 Å². The Hall–Kier alpha value is -0.0800. The van der Waals surface area contributed by atoms with Crippen molar-refractivity contribution in [3.05, 3.63) is 0 Å². The molecule has 14 heavy (non-hydrogen) atoms. The summed E-state index contributed by atoms with van der Waals surface area (Å²) in [5.41, 5.74) is 0.599. The Kier molecular flexibility index (Phi) is 2.85. The summed E-state index contributed by atoms with van der Waals surface area (Å²) in [6.07, 6.45) is 5.62. The second kappa shape index (κ2) is 3.82. The molecule has 0 bridgehead atoms. The Morgan fingerprint density at radius 1 is 1.43 bits per heavy atom. The first-order chi connectivity index (χ1) is 6.60. The molecule has 2 aliphatic rings.